The molecule has 3 nitrogen and oxygen atoms in total. The summed E-state index contributed by atoms with van der Waals surface area (Å²) in [4.78, 5) is 10.3. The van der Waals surface area contributed by atoms with Gasteiger partial charge in [-0.3, -0.25) is 4.57 Å². The summed E-state index contributed by atoms with van der Waals surface area (Å²) in [6, 6.07) is 57.8. The van der Waals surface area contributed by atoms with E-state index in [4.69, 9.17) is 9.97 Å². The normalized spacial score (nSPS) is 11.6. The molecule has 210 valence electrons. The van der Waals surface area contributed by atoms with Crippen molar-refractivity contribution in [1.82, 2.24) is 14.5 Å². The predicted molar refractivity (Wildman–Crippen MR) is 185 cm³/mol. The molecule has 3 heterocycles. The minimum atomic E-state index is 0.938. The number of rotatable bonds is 4. The third-order valence-electron chi connectivity index (χ3n) is 8.76. The largest absolute Gasteiger partial charge is 0.291 e. The van der Waals surface area contributed by atoms with Crippen LogP contribution in [0.5, 0.6) is 0 Å². The van der Waals surface area contributed by atoms with Gasteiger partial charge in [0, 0.05) is 27.8 Å². The summed E-state index contributed by atoms with van der Waals surface area (Å²) < 4.78 is 2.36. The zero-order valence-electron chi connectivity index (χ0n) is 24.4. The van der Waals surface area contributed by atoms with Crippen molar-refractivity contribution in [3.8, 4) is 73.0 Å². The van der Waals surface area contributed by atoms with Gasteiger partial charge in [0.25, 0.3) is 0 Å². The highest BCUT2D eigenvalue weighted by Crippen LogP contribution is 2.45. The molecule has 9 rings (SSSR count). The van der Waals surface area contributed by atoms with Crippen LogP contribution in [0.4, 0.5) is 0 Å². The highest BCUT2D eigenvalue weighted by Gasteiger charge is 2.25. The topological polar surface area (TPSA) is 30.7 Å². The van der Waals surface area contributed by atoms with Gasteiger partial charge in [0.05, 0.1) is 28.1 Å². The van der Waals surface area contributed by atoms with Crippen LogP contribution in [0.25, 0.3) is 84.0 Å². The number of hydrogen-bond donors (Lipinski definition) is 0. The average Bonchev–Trinajstić information content (AvgIpc) is 3.46. The number of para-hydroxylation sites is 2. The Kier molecular flexibility index (Phi) is 5.82. The van der Waals surface area contributed by atoms with Gasteiger partial charge in [-0.05, 0) is 58.7 Å². The summed E-state index contributed by atoms with van der Waals surface area (Å²) in [5.74, 6) is 0.938. The monoisotopic (exact) mass is 573 g/mol. The van der Waals surface area contributed by atoms with Gasteiger partial charge in [0.2, 0.25) is 0 Å². The zero-order chi connectivity index (χ0) is 29.7. The maximum atomic E-state index is 5.26. The second-order valence-corrected chi connectivity index (χ2v) is 11.4. The molecule has 1 aliphatic heterocycles. The fourth-order valence-electron chi connectivity index (χ4n) is 6.68. The van der Waals surface area contributed by atoms with Gasteiger partial charge in [-0.1, -0.05) is 127 Å². The van der Waals surface area contributed by atoms with Crippen LogP contribution in [0, 0.1) is 0 Å². The molecule has 3 heteroatoms. The first-order valence-corrected chi connectivity index (χ1v) is 15.3. The van der Waals surface area contributed by atoms with Gasteiger partial charge in [-0.25, -0.2) is 9.97 Å². The van der Waals surface area contributed by atoms with Crippen LogP contribution in [0.15, 0.2) is 164 Å². The molecule has 0 bridgehead atoms. The number of nitrogens with zero attached hydrogens (tertiary/aromatic N) is 3. The second-order valence-electron chi connectivity index (χ2n) is 11.4. The molecule has 0 saturated heterocycles. The van der Waals surface area contributed by atoms with Crippen LogP contribution in [0.3, 0.4) is 0 Å². The van der Waals surface area contributed by atoms with E-state index in [1.807, 2.05) is 18.2 Å². The van der Waals surface area contributed by atoms with E-state index >= 15 is 0 Å². The van der Waals surface area contributed by atoms with Crippen molar-refractivity contribution in [2.75, 3.05) is 0 Å². The quantitative estimate of drug-likeness (QED) is 0.210. The molecular weight excluding hydrogens is 546 g/mol. The first-order valence-electron chi connectivity index (χ1n) is 15.3. The first-order chi connectivity index (χ1) is 22.3. The molecule has 0 N–H and O–H groups in total. The van der Waals surface area contributed by atoms with Crippen LogP contribution >= 0.6 is 0 Å². The van der Waals surface area contributed by atoms with Crippen molar-refractivity contribution < 1.29 is 0 Å². The fourth-order valence-corrected chi connectivity index (χ4v) is 6.68. The van der Waals surface area contributed by atoms with Gasteiger partial charge >= 0.3 is 0 Å². The second kappa shape index (κ2) is 10.3. The molecule has 0 fully saturated rings. The fraction of sp³-hybridized carbons (Fsp3) is 0. The number of aromatic nitrogens is 3. The average molecular weight is 574 g/mol. The smallest absolute Gasteiger partial charge is 0.145 e. The van der Waals surface area contributed by atoms with E-state index in [9.17, 15) is 0 Å². The van der Waals surface area contributed by atoms with E-state index < -0.39 is 0 Å². The van der Waals surface area contributed by atoms with Crippen LogP contribution in [0.2, 0.25) is 0 Å². The minimum Gasteiger partial charge on any atom is -0.291 e. The van der Waals surface area contributed by atoms with E-state index in [0.717, 1.165) is 61.8 Å². The minimum absolute atomic E-state index is 0.938. The molecule has 0 amide bonds. The van der Waals surface area contributed by atoms with Crippen LogP contribution in [0.1, 0.15) is 0 Å². The molecule has 45 heavy (non-hydrogen) atoms. The maximum Gasteiger partial charge on any atom is 0.145 e. The Hall–Kier alpha value is -6.06. The van der Waals surface area contributed by atoms with E-state index in [-0.39, 0.29) is 0 Å². The Bertz CT molecular complexity index is 2380. The Morgan fingerprint density at radius 1 is 0.356 bits per heavy atom. The Morgan fingerprint density at radius 3 is 1.69 bits per heavy atom. The molecule has 1 aliphatic rings. The van der Waals surface area contributed by atoms with Crippen LogP contribution in [-0.2, 0) is 0 Å². The third kappa shape index (κ3) is 4.21. The first kappa shape index (κ1) is 25.4. The molecule has 0 spiro atoms. The lowest BCUT2D eigenvalue weighted by molar-refractivity contribution is 1.11. The lowest BCUT2D eigenvalue weighted by Crippen LogP contribution is -1.99. The molecule has 2 aromatic heterocycles. The zero-order valence-corrected chi connectivity index (χ0v) is 24.4. The number of benzene rings is 6. The summed E-state index contributed by atoms with van der Waals surface area (Å²) in [7, 11) is 0. The predicted octanol–water partition coefficient (Wildman–Crippen LogP) is 10.7. The Morgan fingerprint density at radius 2 is 0.889 bits per heavy atom. The molecule has 6 aromatic carbocycles. The lowest BCUT2D eigenvalue weighted by atomic mass is 9.94. The third-order valence-corrected chi connectivity index (χ3v) is 8.76. The molecule has 0 radical (unpaired) electrons. The van der Waals surface area contributed by atoms with Crippen molar-refractivity contribution in [3.05, 3.63) is 164 Å². The van der Waals surface area contributed by atoms with E-state index in [1.165, 1.54) is 22.3 Å². The lowest BCUT2D eigenvalue weighted by Gasteiger charge is -2.14. The molecule has 8 aromatic rings. The summed E-state index contributed by atoms with van der Waals surface area (Å²) >= 11 is 0. The molecule has 0 unspecified atom stereocenters. The van der Waals surface area contributed by atoms with Crippen molar-refractivity contribution in [2.24, 2.45) is 0 Å². The SMILES string of the molecule is c1ccc(-c2cccc(-c3cccc(-c4cccc(-c5nc6cccc7c6n5-c5ccccc5-c5ccccc5-7)c4)c3)n2)cc1. The number of imidazole rings is 1. The van der Waals surface area contributed by atoms with Crippen molar-refractivity contribution >= 4 is 11.0 Å². The van der Waals surface area contributed by atoms with E-state index in [1.54, 1.807) is 0 Å². The molecule has 0 saturated carbocycles. The number of pyridine rings is 1. The van der Waals surface area contributed by atoms with Crippen LogP contribution in [-0.4, -0.2) is 14.5 Å². The Labute approximate surface area is 261 Å². The molecule has 0 atom stereocenters. The van der Waals surface area contributed by atoms with Gasteiger partial charge in [-0.15, -0.1) is 0 Å². The summed E-state index contributed by atoms with van der Waals surface area (Å²) in [5, 5.41) is 0. The van der Waals surface area contributed by atoms with Crippen LogP contribution < -0.4 is 0 Å². The van der Waals surface area contributed by atoms with Crippen molar-refractivity contribution in [3.63, 3.8) is 0 Å². The number of fused-ring (bicyclic) bond motifs is 5. The summed E-state index contributed by atoms with van der Waals surface area (Å²) in [6.07, 6.45) is 0. The molecular formula is C42H27N3. The van der Waals surface area contributed by atoms with Gasteiger partial charge < -0.3 is 0 Å². The summed E-state index contributed by atoms with van der Waals surface area (Å²) in [6.45, 7) is 0. The van der Waals surface area contributed by atoms with E-state index in [0.29, 0.717) is 0 Å². The van der Waals surface area contributed by atoms with Crippen molar-refractivity contribution in [2.45, 2.75) is 0 Å². The standard InChI is InChI=1S/C42H27N3/c1-2-12-28(13-3-1)37-22-11-23-38(43-37)31-16-8-14-29(26-31)30-15-9-17-32(27-30)42-44-39-24-10-21-36-34-19-5-4-18-33(34)35-20-6-7-25-40(35)45(42)41(36)39/h1-27H. The number of hydrogen-bond acceptors (Lipinski definition) is 2. The highest BCUT2D eigenvalue weighted by atomic mass is 15.1. The van der Waals surface area contributed by atoms with Gasteiger partial charge in [0.1, 0.15) is 5.82 Å². The molecule has 0 aliphatic carbocycles. The van der Waals surface area contributed by atoms with E-state index in [2.05, 4.69) is 150 Å². The van der Waals surface area contributed by atoms with Gasteiger partial charge in [0.15, 0.2) is 0 Å². The highest BCUT2D eigenvalue weighted by molar-refractivity contribution is 6.03. The summed E-state index contributed by atoms with van der Waals surface area (Å²) in [5.41, 5.74) is 15.6. The van der Waals surface area contributed by atoms with Gasteiger partial charge in [-0.2, -0.15) is 0 Å². The maximum absolute atomic E-state index is 5.26. The Balaban J connectivity index is 1.18. The van der Waals surface area contributed by atoms with Crippen molar-refractivity contribution in [1.29, 1.82) is 0 Å².